The molecule has 0 aliphatic heterocycles. The Kier molecular flexibility index (Phi) is 7.24. The van der Waals surface area contributed by atoms with Crippen LogP contribution < -0.4 is 0 Å². The SMILES string of the molecule is [C-]1=C(c2ccc3ccccc3n2)CCC1.[Ir].[c-]1ccccc1-c1ccccn1. The van der Waals surface area contributed by atoms with Crippen LogP contribution in [-0.4, -0.2) is 9.97 Å². The third-order valence-corrected chi connectivity index (χ3v) is 4.50. The van der Waals surface area contributed by atoms with E-state index in [1.54, 1.807) is 6.20 Å². The van der Waals surface area contributed by atoms with Crippen molar-refractivity contribution in [2.24, 2.45) is 0 Å². The summed E-state index contributed by atoms with van der Waals surface area (Å²) in [6, 6.07) is 29.3. The van der Waals surface area contributed by atoms with E-state index in [-0.39, 0.29) is 20.1 Å². The van der Waals surface area contributed by atoms with E-state index in [4.69, 9.17) is 0 Å². The van der Waals surface area contributed by atoms with Gasteiger partial charge in [0, 0.05) is 31.8 Å². The first-order valence-electron chi connectivity index (χ1n) is 9.24. The molecule has 0 atom stereocenters. The first-order valence-corrected chi connectivity index (χ1v) is 9.24. The summed E-state index contributed by atoms with van der Waals surface area (Å²) < 4.78 is 0. The maximum Gasteiger partial charge on any atom is 0.0497 e. The van der Waals surface area contributed by atoms with Gasteiger partial charge >= 0.3 is 0 Å². The fourth-order valence-electron chi connectivity index (χ4n) is 3.12. The Morgan fingerprint density at radius 3 is 2.39 bits per heavy atom. The van der Waals surface area contributed by atoms with E-state index in [2.05, 4.69) is 46.4 Å². The Morgan fingerprint density at radius 2 is 1.64 bits per heavy atom. The van der Waals surface area contributed by atoms with Crippen molar-refractivity contribution in [1.29, 1.82) is 0 Å². The molecule has 0 saturated carbocycles. The van der Waals surface area contributed by atoms with Crippen LogP contribution in [0.4, 0.5) is 0 Å². The van der Waals surface area contributed by atoms with E-state index in [1.807, 2.05) is 54.6 Å². The van der Waals surface area contributed by atoms with Gasteiger partial charge in [0.25, 0.3) is 0 Å². The second-order valence-electron chi connectivity index (χ2n) is 6.39. The van der Waals surface area contributed by atoms with Crippen LogP contribution >= 0.6 is 0 Å². The summed E-state index contributed by atoms with van der Waals surface area (Å²) in [5.74, 6) is 0. The standard InChI is InChI=1S/C14H12N.C11H8N.Ir/c1-2-6-11(5-1)14-10-9-12-7-3-4-8-13(12)15-14;1-2-6-10(7-3-1)11-8-4-5-9-12-11;/h3-4,7-10H,1-2,5H2;1-6,8-9H;/q2*-1;. The molecule has 28 heavy (non-hydrogen) atoms. The fourth-order valence-corrected chi connectivity index (χ4v) is 3.12. The van der Waals surface area contributed by atoms with Crippen LogP contribution in [0.2, 0.25) is 0 Å². The zero-order chi connectivity index (χ0) is 18.3. The maximum atomic E-state index is 4.66. The second kappa shape index (κ2) is 10.1. The van der Waals surface area contributed by atoms with Crippen molar-refractivity contribution in [2.75, 3.05) is 0 Å². The van der Waals surface area contributed by atoms with Gasteiger partial charge in [-0.3, -0.25) is 6.08 Å². The fraction of sp³-hybridized carbons (Fsp3) is 0.120. The molecule has 1 aliphatic carbocycles. The number of aromatic nitrogens is 2. The average molecular weight is 541 g/mol. The van der Waals surface area contributed by atoms with Gasteiger partial charge in [0.05, 0.1) is 0 Å². The molecule has 1 aliphatic rings. The smallest absolute Gasteiger partial charge is 0.0497 e. The van der Waals surface area contributed by atoms with Crippen molar-refractivity contribution in [3.63, 3.8) is 0 Å². The molecule has 2 aromatic carbocycles. The molecule has 141 valence electrons. The van der Waals surface area contributed by atoms with Crippen LogP contribution in [0, 0.1) is 12.1 Å². The summed E-state index contributed by atoms with van der Waals surface area (Å²) >= 11 is 0. The summed E-state index contributed by atoms with van der Waals surface area (Å²) in [5.41, 5.74) is 5.49. The predicted molar refractivity (Wildman–Crippen MR) is 111 cm³/mol. The molecular weight excluding hydrogens is 521 g/mol. The minimum absolute atomic E-state index is 0. The Bertz CT molecular complexity index is 1010. The summed E-state index contributed by atoms with van der Waals surface area (Å²) in [6.07, 6.45) is 8.62. The maximum absolute atomic E-state index is 4.66. The normalized spacial score (nSPS) is 12.5. The van der Waals surface area contributed by atoms with Crippen LogP contribution in [0.3, 0.4) is 0 Å². The topological polar surface area (TPSA) is 25.8 Å². The van der Waals surface area contributed by atoms with Crippen molar-refractivity contribution in [1.82, 2.24) is 9.97 Å². The molecule has 5 rings (SSSR count). The van der Waals surface area contributed by atoms with Crippen molar-refractivity contribution in [3.8, 4) is 11.3 Å². The zero-order valence-corrected chi connectivity index (χ0v) is 17.8. The van der Waals surface area contributed by atoms with Crippen molar-refractivity contribution in [3.05, 3.63) is 103 Å². The summed E-state index contributed by atoms with van der Waals surface area (Å²) in [4.78, 5) is 8.88. The molecule has 0 spiro atoms. The monoisotopic (exact) mass is 541 g/mol. The molecule has 2 nitrogen and oxygen atoms in total. The van der Waals surface area contributed by atoms with E-state index in [9.17, 15) is 0 Å². The van der Waals surface area contributed by atoms with Crippen molar-refractivity contribution in [2.45, 2.75) is 19.3 Å². The van der Waals surface area contributed by atoms with Crippen LogP contribution in [0.1, 0.15) is 25.0 Å². The molecule has 0 fully saturated rings. The predicted octanol–water partition coefficient (Wildman–Crippen LogP) is 6.15. The van der Waals surface area contributed by atoms with Gasteiger partial charge in [-0.1, -0.05) is 54.9 Å². The number of benzene rings is 2. The van der Waals surface area contributed by atoms with Gasteiger partial charge in [-0.15, -0.1) is 48.4 Å². The van der Waals surface area contributed by atoms with Crippen LogP contribution in [0.15, 0.2) is 85.1 Å². The minimum atomic E-state index is 0. The van der Waals surface area contributed by atoms with Gasteiger partial charge in [-0.2, -0.15) is 5.57 Å². The first kappa shape index (κ1) is 20.1. The second-order valence-corrected chi connectivity index (χ2v) is 6.39. The molecule has 1 radical (unpaired) electrons. The Labute approximate surface area is 179 Å². The van der Waals surface area contributed by atoms with Crippen molar-refractivity contribution < 1.29 is 20.1 Å². The number of fused-ring (bicyclic) bond motifs is 1. The van der Waals surface area contributed by atoms with Gasteiger partial charge < -0.3 is 9.97 Å². The molecular formula is C25H20IrN2-2. The molecule has 0 N–H and O–H groups in total. The molecule has 4 aromatic rings. The summed E-state index contributed by atoms with van der Waals surface area (Å²) in [5, 5.41) is 1.21. The van der Waals surface area contributed by atoms with E-state index in [1.165, 1.54) is 17.4 Å². The van der Waals surface area contributed by atoms with Gasteiger partial charge in [-0.05, 0) is 23.2 Å². The molecule has 0 saturated heterocycles. The number of para-hydroxylation sites is 1. The van der Waals surface area contributed by atoms with E-state index in [0.717, 1.165) is 35.3 Å². The van der Waals surface area contributed by atoms with Crippen LogP contribution in [-0.2, 0) is 20.1 Å². The Hall–Kier alpha value is -2.61. The minimum Gasteiger partial charge on any atom is -0.343 e. The van der Waals surface area contributed by atoms with E-state index < -0.39 is 0 Å². The van der Waals surface area contributed by atoms with Crippen molar-refractivity contribution >= 4 is 16.5 Å². The largest absolute Gasteiger partial charge is 0.343 e. The van der Waals surface area contributed by atoms with Crippen LogP contribution in [0.25, 0.3) is 27.7 Å². The number of nitrogens with zero attached hydrogens (tertiary/aromatic N) is 2. The molecule has 2 heterocycles. The molecule has 0 amide bonds. The zero-order valence-electron chi connectivity index (χ0n) is 15.4. The van der Waals surface area contributed by atoms with E-state index in [0.29, 0.717) is 0 Å². The van der Waals surface area contributed by atoms with Gasteiger partial charge in [-0.25, -0.2) is 0 Å². The molecule has 3 heteroatoms. The van der Waals surface area contributed by atoms with Gasteiger partial charge in [0.2, 0.25) is 0 Å². The van der Waals surface area contributed by atoms with E-state index >= 15 is 0 Å². The number of pyridine rings is 2. The number of rotatable bonds is 2. The molecule has 0 bridgehead atoms. The molecule has 0 unspecified atom stereocenters. The third kappa shape index (κ3) is 5.01. The average Bonchev–Trinajstić information content (AvgIpc) is 3.30. The number of allylic oxidation sites excluding steroid dienone is 2. The first-order chi connectivity index (χ1) is 13.4. The third-order valence-electron chi connectivity index (χ3n) is 4.50. The van der Waals surface area contributed by atoms with Gasteiger partial charge in [0.15, 0.2) is 0 Å². The summed E-state index contributed by atoms with van der Waals surface area (Å²) in [6.45, 7) is 0. The van der Waals surface area contributed by atoms with Gasteiger partial charge in [0.1, 0.15) is 0 Å². The number of hydrogen-bond donors (Lipinski definition) is 0. The quantitative estimate of drug-likeness (QED) is 0.285. The van der Waals surface area contributed by atoms with Crippen LogP contribution in [0.5, 0.6) is 0 Å². The Balaban J connectivity index is 0.000000159. The molecule has 2 aromatic heterocycles. The Morgan fingerprint density at radius 1 is 0.786 bits per heavy atom. The summed E-state index contributed by atoms with van der Waals surface area (Å²) in [7, 11) is 0. The number of hydrogen-bond acceptors (Lipinski definition) is 2.